The Morgan fingerprint density at radius 3 is 1.07 bits per heavy atom. The van der Waals surface area contributed by atoms with Crippen molar-refractivity contribution in [3.8, 4) is 0 Å². The second kappa shape index (κ2) is 14.9. The summed E-state index contributed by atoms with van der Waals surface area (Å²) < 4.78 is 0. The molecule has 0 aromatic rings. The molecule has 0 aromatic carbocycles. The Labute approximate surface area is 211 Å². The first-order valence-corrected chi connectivity index (χ1v) is 6.28. The molecule has 28 heavy (non-hydrogen) atoms. The maximum atomic E-state index is 10.3. The SMILES string of the molecule is O=C(O)CC(O)(CC(=O)O)C(=O)O.O=C([O-])CC(O)(CC(=O)[O-])C(=O)[O-].[K+].[Zn+2]. The monoisotopic (exact) mass is 484 g/mol. The van der Waals surface area contributed by atoms with Gasteiger partial charge < -0.3 is 55.2 Å². The molecule has 0 aliphatic rings. The average molecular weight is 486 g/mol. The van der Waals surface area contributed by atoms with E-state index in [0.29, 0.717) is 0 Å². The van der Waals surface area contributed by atoms with Gasteiger partial charge in [-0.1, -0.05) is 0 Å². The number of carbonyl (C=O) groups excluding carboxylic acids is 3. The summed E-state index contributed by atoms with van der Waals surface area (Å²) in [7, 11) is 0. The Hall–Kier alpha value is -1.00. The molecule has 0 amide bonds. The molecule has 0 saturated heterocycles. The topological polar surface area (TPSA) is 273 Å². The van der Waals surface area contributed by atoms with Crippen LogP contribution in [0.3, 0.4) is 0 Å². The predicted molar refractivity (Wildman–Crippen MR) is 66.3 cm³/mol. The third-order valence-corrected chi connectivity index (χ3v) is 2.54. The van der Waals surface area contributed by atoms with E-state index in [1.165, 1.54) is 0 Å². The molecule has 16 heteroatoms. The zero-order valence-corrected chi connectivity index (χ0v) is 20.5. The van der Waals surface area contributed by atoms with Crippen LogP contribution in [0.25, 0.3) is 0 Å². The summed E-state index contributed by atoms with van der Waals surface area (Å²) in [6.07, 6.45) is -5.00. The van der Waals surface area contributed by atoms with E-state index in [-0.39, 0.29) is 70.9 Å². The normalized spacial score (nSPS) is 10.1. The number of hydrogen-bond acceptors (Lipinski definition) is 11. The van der Waals surface area contributed by atoms with Crippen LogP contribution in [0, 0.1) is 0 Å². The first-order valence-electron chi connectivity index (χ1n) is 6.28. The predicted octanol–water partition coefficient (Wildman–Crippen LogP) is -9.50. The average Bonchev–Trinajstić information content (AvgIpc) is 2.34. The van der Waals surface area contributed by atoms with Crippen molar-refractivity contribution in [2.45, 2.75) is 36.9 Å². The number of aliphatic hydroxyl groups is 2. The first kappa shape index (κ1) is 34.5. The summed E-state index contributed by atoms with van der Waals surface area (Å²) >= 11 is 0. The van der Waals surface area contributed by atoms with E-state index < -0.39 is 72.7 Å². The van der Waals surface area contributed by atoms with E-state index in [1.54, 1.807) is 0 Å². The molecule has 0 aromatic heterocycles. The summed E-state index contributed by atoms with van der Waals surface area (Å²) in [5.41, 5.74) is -5.71. The van der Waals surface area contributed by atoms with Gasteiger partial charge in [0, 0.05) is 24.8 Å². The van der Waals surface area contributed by atoms with Gasteiger partial charge in [-0.05, 0) is 0 Å². The zero-order chi connectivity index (χ0) is 21.3. The van der Waals surface area contributed by atoms with Crippen molar-refractivity contribution in [3.63, 3.8) is 0 Å². The van der Waals surface area contributed by atoms with Crippen LogP contribution >= 0.6 is 0 Å². The van der Waals surface area contributed by atoms with E-state index >= 15 is 0 Å². The molecular formula is C12H13KO14Zn. The molecule has 0 atom stereocenters. The molecule has 0 saturated carbocycles. The fourth-order valence-corrected chi connectivity index (χ4v) is 1.40. The molecule has 0 fully saturated rings. The van der Waals surface area contributed by atoms with E-state index in [2.05, 4.69) is 0 Å². The summed E-state index contributed by atoms with van der Waals surface area (Å²) in [6, 6.07) is 0. The number of rotatable bonds is 10. The van der Waals surface area contributed by atoms with Gasteiger partial charge in [0.2, 0.25) is 0 Å². The van der Waals surface area contributed by atoms with E-state index in [1.807, 2.05) is 0 Å². The molecule has 0 radical (unpaired) electrons. The second-order valence-electron chi connectivity index (χ2n) is 4.89. The van der Waals surface area contributed by atoms with Crippen molar-refractivity contribution in [1.29, 1.82) is 0 Å². The maximum absolute atomic E-state index is 10.3. The first-order chi connectivity index (χ1) is 11.6. The van der Waals surface area contributed by atoms with Crippen LogP contribution in [-0.2, 0) is 48.2 Å². The third kappa shape index (κ3) is 15.0. The van der Waals surface area contributed by atoms with Crippen molar-refractivity contribution in [3.05, 3.63) is 0 Å². The van der Waals surface area contributed by atoms with E-state index in [4.69, 9.17) is 25.5 Å². The van der Waals surface area contributed by atoms with Crippen LogP contribution in [0.2, 0.25) is 0 Å². The number of carbonyl (C=O) groups is 6. The van der Waals surface area contributed by atoms with Crippen molar-refractivity contribution < 1.29 is 140 Å². The number of carboxylic acid groups (broad SMARTS) is 6. The van der Waals surface area contributed by atoms with Crippen LogP contribution in [0.5, 0.6) is 0 Å². The Morgan fingerprint density at radius 2 is 0.929 bits per heavy atom. The number of aliphatic carboxylic acids is 6. The molecule has 0 heterocycles. The smallest absolute Gasteiger partial charge is 0.550 e. The molecule has 14 nitrogen and oxygen atoms in total. The van der Waals surface area contributed by atoms with E-state index in [0.717, 1.165) is 0 Å². The van der Waals surface area contributed by atoms with E-state index in [9.17, 15) is 44.1 Å². The quantitative estimate of drug-likeness (QED) is 0.180. The fourth-order valence-electron chi connectivity index (χ4n) is 1.40. The largest absolute Gasteiger partial charge is 2.00 e. The molecule has 0 rings (SSSR count). The third-order valence-electron chi connectivity index (χ3n) is 2.54. The van der Waals surface area contributed by atoms with Crippen molar-refractivity contribution in [2.75, 3.05) is 0 Å². The summed E-state index contributed by atoms with van der Waals surface area (Å²) in [5.74, 6) is -11.0. The Bertz CT molecular complexity index is 519. The second-order valence-corrected chi connectivity index (χ2v) is 4.89. The standard InChI is InChI=1S/2C6H8O7.K.Zn/c2*7-3(8)1-6(13,5(11)12)2-4(9)10;;/h2*13H,1-2H2,(H,7,8)(H,9,10)(H,11,12);;/q;;+1;+2/p-3. The summed E-state index contributed by atoms with van der Waals surface area (Å²) in [4.78, 5) is 60.5. The van der Waals surface area contributed by atoms with Gasteiger partial charge in [-0.15, -0.1) is 0 Å². The van der Waals surface area contributed by atoms with Crippen LogP contribution in [0.15, 0.2) is 0 Å². The Morgan fingerprint density at radius 1 is 0.643 bits per heavy atom. The van der Waals surface area contributed by atoms with Gasteiger partial charge in [-0.3, -0.25) is 9.59 Å². The fraction of sp³-hybridized carbons (Fsp3) is 0.500. The van der Waals surface area contributed by atoms with Gasteiger partial charge in [0.25, 0.3) is 0 Å². The minimum Gasteiger partial charge on any atom is -0.550 e. The molecule has 148 valence electrons. The van der Waals surface area contributed by atoms with Gasteiger partial charge in [-0.25, -0.2) is 4.79 Å². The Balaban J connectivity index is -0.000000192. The van der Waals surface area contributed by atoms with Gasteiger partial charge in [-0.2, -0.15) is 0 Å². The van der Waals surface area contributed by atoms with Crippen LogP contribution in [-0.4, -0.2) is 72.6 Å². The maximum Gasteiger partial charge on any atom is 2.00 e. The van der Waals surface area contributed by atoms with Gasteiger partial charge in [0.15, 0.2) is 5.60 Å². The van der Waals surface area contributed by atoms with Crippen molar-refractivity contribution in [1.82, 2.24) is 0 Å². The minimum atomic E-state index is -2.97. The van der Waals surface area contributed by atoms with Crippen LogP contribution < -0.4 is 66.7 Å². The van der Waals surface area contributed by atoms with Crippen LogP contribution in [0.1, 0.15) is 25.7 Å². The molecule has 0 aliphatic carbocycles. The summed E-state index contributed by atoms with van der Waals surface area (Å²) in [6.45, 7) is 0. The molecule has 5 N–H and O–H groups in total. The molecule has 0 unspecified atom stereocenters. The number of hydrogen-bond donors (Lipinski definition) is 5. The van der Waals surface area contributed by atoms with Crippen molar-refractivity contribution >= 4 is 35.8 Å². The minimum absolute atomic E-state index is 0. The molecule has 0 bridgehead atoms. The van der Waals surface area contributed by atoms with Gasteiger partial charge in [0.1, 0.15) is 5.60 Å². The Kier molecular flexibility index (Phi) is 18.4. The number of carboxylic acids is 6. The molecule has 0 spiro atoms. The molecular weight excluding hydrogens is 473 g/mol. The summed E-state index contributed by atoms with van der Waals surface area (Å²) in [5, 5.41) is 72.7. The zero-order valence-electron chi connectivity index (χ0n) is 14.4. The van der Waals surface area contributed by atoms with Gasteiger partial charge >= 0.3 is 88.8 Å². The van der Waals surface area contributed by atoms with Crippen molar-refractivity contribution in [2.24, 2.45) is 0 Å². The van der Waals surface area contributed by atoms with Gasteiger partial charge in [0.05, 0.1) is 18.8 Å². The molecule has 0 aliphatic heterocycles. The van der Waals surface area contributed by atoms with Crippen LogP contribution in [0.4, 0.5) is 0 Å².